The zero-order chi connectivity index (χ0) is 16.2. The Balaban J connectivity index is 3.42. The topological polar surface area (TPSA) is 107 Å². The van der Waals surface area contributed by atoms with Gasteiger partial charge in [-0.05, 0) is 24.1 Å². The van der Waals surface area contributed by atoms with Gasteiger partial charge in [0.05, 0.1) is 16.5 Å². The molecule has 0 bridgehead atoms. The minimum absolute atomic E-state index is 0.0682. The lowest BCUT2D eigenvalue weighted by Gasteiger charge is -2.19. The van der Waals surface area contributed by atoms with Crippen LogP contribution in [0.4, 0.5) is 5.69 Å². The smallest absolute Gasteiger partial charge is 0.336 e. The highest BCUT2D eigenvalue weighted by molar-refractivity contribution is 5.91. The predicted octanol–water partition coefficient (Wildman–Crippen LogP) is 2.56. The minimum atomic E-state index is -1.10. The van der Waals surface area contributed by atoms with Gasteiger partial charge in [-0.15, -0.1) is 4.91 Å². The van der Waals surface area contributed by atoms with E-state index in [4.69, 9.17) is 10.2 Å². The molecule has 2 N–H and O–H groups in total. The monoisotopic (exact) mass is 292 g/mol. The van der Waals surface area contributed by atoms with Crippen LogP contribution in [0.2, 0.25) is 0 Å². The van der Waals surface area contributed by atoms with Crippen LogP contribution in [0.1, 0.15) is 34.3 Å². The quantitative estimate of drug-likeness (QED) is 0.474. The maximum Gasteiger partial charge on any atom is 0.336 e. The molecule has 7 heteroatoms. The second-order valence-corrected chi connectivity index (χ2v) is 4.62. The second kappa shape index (κ2) is 6.65. The standard InChI is InChI=1S/C14H16N2O5/c1-8(4-5-13(17)18)10-6-9(2)11(14(19)20)7-12(10)16(3)15-21/h4-8H,1-3H3,(H,17,18)(H,19,20)/b5-4+. The molecule has 0 spiro atoms. The van der Waals surface area contributed by atoms with Crippen LogP contribution < -0.4 is 5.01 Å². The summed E-state index contributed by atoms with van der Waals surface area (Å²) in [4.78, 5) is 32.5. The van der Waals surface area contributed by atoms with Crippen LogP contribution in [0.3, 0.4) is 0 Å². The lowest BCUT2D eigenvalue weighted by molar-refractivity contribution is -0.131. The summed E-state index contributed by atoms with van der Waals surface area (Å²) in [6.45, 7) is 3.38. The van der Waals surface area contributed by atoms with Crippen LogP contribution in [0.15, 0.2) is 29.6 Å². The molecule has 112 valence electrons. The van der Waals surface area contributed by atoms with Gasteiger partial charge in [-0.3, -0.25) is 0 Å². The van der Waals surface area contributed by atoms with Crippen molar-refractivity contribution in [3.05, 3.63) is 45.9 Å². The Morgan fingerprint density at radius 2 is 1.95 bits per heavy atom. The van der Waals surface area contributed by atoms with E-state index in [2.05, 4.69) is 5.29 Å². The van der Waals surface area contributed by atoms with Crippen molar-refractivity contribution in [1.29, 1.82) is 0 Å². The van der Waals surface area contributed by atoms with E-state index in [1.54, 1.807) is 19.9 Å². The molecule has 0 heterocycles. The molecule has 0 aliphatic rings. The number of rotatable bonds is 6. The molecule has 0 amide bonds. The molecule has 0 aromatic heterocycles. The number of allylic oxidation sites excluding steroid dienone is 1. The number of aromatic carboxylic acids is 1. The van der Waals surface area contributed by atoms with E-state index in [0.29, 0.717) is 16.8 Å². The molecule has 0 saturated heterocycles. The van der Waals surface area contributed by atoms with E-state index in [-0.39, 0.29) is 11.5 Å². The van der Waals surface area contributed by atoms with Crippen molar-refractivity contribution in [2.24, 2.45) is 5.29 Å². The maximum atomic E-state index is 11.2. The van der Waals surface area contributed by atoms with Gasteiger partial charge in [0.15, 0.2) is 0 Å². The van der Waals surface area contributed by atoms with Crippen LogP contribution in [-0.2, 0) is 4.79 Å². The van der Waals surface area contributed by atoms with Crippen molar-refractivity contribution in [1.82, 2.24) is 0 Å². The van der Waals surface area contributed by atoms with Crippen LogP contribution in [0.5, 0.6) is 0 Å². The van der Waals surface area contributed by atoms with Gasteiger partial charge in [0.2, 0.25) is 0 Å². The fraction of sp³-hybridized carbons (Fsp3) is 0.286. The summed E-state index contributed by atoms with van der Waals surface area (Å²) in [5, 5.41) is 21.6. The Bertz CT molecular complexity index is 610. The summed E-state index contributed by atoms with van der Waals surface area (Å²) in [6, 6.07) is 2.98. The molecule has 1 aromatic rings. The first kappa shape index (κ1) is 16.4. The molecule has 0 fully saturated rings. The fourth-order valence-corrected chi connectivity index (χ4v) is 1.97. The van der Waals surface area contributed by atoms with Crippen LogP contribution in [0.25, 0.3) is 0 Å². The highest BCUT2D eigenvalue weighted by atomic mass is 16.4. The normalized spacial score (nSPS) is 12.1. The van der Waals surface area contributed by atoms with Crippen molar-refractivity contribution >= 4 is 17.6 Å². The van der Waals surface area contributed by atoms with Gasteiger partial charge in [-0.25, -0.2) is 14.6 Å². The first-order valence-corrected chi connectivity index (χ1v) is 6.13. The molecule has 0 radical (unpaired) electrons. The van der Waals surface area contributed by atoms with E-state index in [0.717, 1.165) is 11.1 Å². The Morgan fingerprint density at radius 3 is 2.43 bits per heavy atom. The maximum absolute atomic E-state index is 11.2. The van der Waals surface area contributed by atoms with Crippen LogP contribution >= 0.6 is 0 Å². The molecule has 1 rings (SSSR count). The Kier molecular flexibility index (Phi) is 5.18. The van der Waals surface area contributed by atoms with Gasteiger partial charge in [0.25, 0.3) is 0 Å². The van der Waals surface area contributed by atoms with Gasteiger partial charge < -0.3 is 10.2 Å². The summed E-state index contributed by atoms with van der Waals surface area (Å²) in [5.41, 5.74) is 1.54. The summed E-state index contributed by atoms with van der Waals surface area (Å²) >= 11 is 0. The number of nitroso groups, excluding NO2 is 1. The van der Waals surface area contributed by atoms with Crippen molar-refractivity contribution in [3.63, 3.8) is 0 Å². The zero-order valence-electron chi connectivity index (χ0n) is 11.9. The molecule has 7 nitrogen and oxygen atoms in total. The number of carboxylic acids is 2. The average molecular weight is 292 g/mol. The van der Waals surface area contributed by atoms with E-state index >= 15 is 0 Å². The van der Waals surface area contributed by atoms with Gasteiger partial charge in [-0.1, -0.05) is 19.1 Å². The number of carboxylic acid groups (broad SMARTS) is 2. The molecule has 1 unspecified atom stereocenters. The number of hydrogen-bond acceptors (Lipinski definition) is 4. The molecule has 21 heavy (non-hydrogen) atoms. The van der Waals surface area contributed by atoms with Gasteiger partial charge >= 0.3 is 11.9 Å². The molecule has 0 aliphatic heterocycles. The lowest BCUT2D eigenvalue weighted by atomic mass is 9.94. The third-order valence-electron chi connectivity index (χ3n) is 3.09. The fourth-order valence-electron chi connectivity index (χ4n) is 1.97. The highest BCUT2D eigenvalue weighted by Gasteiger charge is 2.18. The summed E-state index contributed by atoms with van der Waals surface area (Å²) in [6.07, 6.45) is 2.46. The van der Waals surface area contributed by atoms with Crippen molar-refractivity contribution in [2.75, 3.05) is 12.1 Å². The number of carbonyl (C=O) groups is 2. The molecular weight excluding hydrogens is 276 g/mol. The number of anilines is 1. The lowest BCUT2D eigenvalue weighted by Crippen LogP contribution is -2.13. The molecular formula is C14H16N2O5. The number of benzene rings is 1. The number of nitrogens with zero attached hydrogens (tertiary/aromatic N) is 2. The van der Waals surface area contributed by atoms with Gasteiger partial charge in [0, 0.05) is 19.0 Å². The van der Waals surface area contributed by atoms with Crippen molar-refractivity contribution in [2.45, 2.75) is 19.8 Å². The molecule has 0 aliphatic carbocycles. The predicted molar refractivity (Wildman–Crippen MR) is 77.5 cm³/mol. The third-order valence-corrected chi connectivity index (χ3v) is 3.09. The van der Waals surface area contributed by atoms with Gasteiger partial charge in [0.1, 0.15) is 0 Å². The summed E-state index contributed by atoms with van der Waals surface area (Å²) < 4.78 is 0. The number of aliphatic carboxylic acids is 1. The van der Waals surface area contributed by atoms with E-state index in [1.165, 1.54) is 19.2 Å². The molecule has 1 aromatic carbocycles. The van der Waals surface area contributed by atoms with E-state index in [9.17, 15) is 14.5 Å². The summed E-state index contributed by atoms with van der Waals surface area (Å²) in [7, 11) is 1.40. The summed E-state index contributed by atoms with van der Waals surface area (Å²) in [5.74, 6) is -2.50. The highest BCUT2D eigenvalue weighted by Crippen LogP contribution is 2.31. The second-order valence-electron chi connectivity index (χ2n) is 4.62. The van der Waals surface area contributed by atoms with Crippen LogP contribution in [-0.4, -0.2) is 29.2 Å². The average Bonchev–Trinajstić information content (AvgIpc) is 2.43. The van der Waals surface area contributed by atoms with Crippen molar-refractivity contribution < 1.29 is 19.8 Å². The largest absolute Gasteiger partial charge is 0.478 e. The number of hydrogen-bond donors (Lipinski definition) is 2. The molecule has 0 saturated carbocycles. The Morgan fingerprint density at radius 1 is 1.33 bits per heavy atom. The van der Waals surface area contributed by atoms with Crippen molar-refractivity contribution in [3.8, 4) is 0 Å². The third kappa shape index (κ3) is 3.88. The first-order valence-electron chi connectivity index (χ1n) is 6.13. The Hall–Kier alpha value is -2.70. The van der Waals surface area contributed by atoms with E-state index < -0.39 is 11.9 Å². The molecule has 1 atom stereocenters. The minimum Gasteiger partial charge on any atom is -0.478 e. The van der Waals surface area contributed by atoms with E-state index in [1.807, 2.05) is 0 Å². The SMILES string of the molecule is Cc1cc(C(C)/C=C/C(=O)O)c(N(C)N=O)cc1C(=O)O. The van der Waals surface area contributed by atoms with Crippen LogP contribution in [0, 0.1) is 11.8 Å². The van der Waals surface area contributed by atoms with Gasteiger partial charge in [-0.2, -0.15) is 0 Å². The Labute approximate surface area is 121 Å². The first-order chi connectivity index (χ1) is 9.77. The number of aryl methyl sites for hydroxylation is 1. The zero-order valence-corrected chi connectivity index (χ0v) is 11.9.